The number of benzene rings is 1. The fourth-order valence-corrected chi connectivity index (χ4v) is 1.77. The van der Waals surface area contributed by atoms with E-state index in [-0.39, 0.29) is 19.0 Å². The first-order valence-corrected chi connectivity index (χ1v) is 6.69. The molecule has 0 unspecified atom stereocenters. The minimum Gasteiger partial charge on any atom is -0.468 e. The van der Waals surface area contributed by atoms with Crippen LogP contribution in [0.1, 0.15) is 28.4 Å². The maximum absolute atomic E-state index is 12.4. The lowest BCUT2D eigenvalue weighted by Crippen LogP contribution is -2.36. The van der Waals surface area contributed by atoms with Gasteiger partial charge in [-0.05, 0) is 31.5 Å². The Hall–Kier alpha value is -2.32. The summed E-state index contributed by atoms with van der Waals surface area (Å²) in [6.07, 6.45) is 0. The molecule has 1 rings (SSSR count). The third-order valence-corrected chi connectivity index (χ3v) is 3.03. The summed E-state index contributed by atoms with van der Waals surface area (Å²) < 4.78 is 4.60. The van der Waals surface area contributed by atoms with Crippen LogP contribution in [-0.4, -0.2) is 43.5 Å². The molecule has 5 nitrogen and oxygen atoms in total. The predicted molar refractivity (Wildman–Crippen MR) is 80.7 cm³/mol. The van der Waals surface area contributed by atoms with Gasteiger partial charge in [0, 0.05) is 17.7 Å². The fourth-order valence-electron chi connectivity index (χ4n) is 1.77. The van der Waals surface area contributed by atoms with Gasteiger partial charge in [0.25, 0.3) is 5.91 Å². The van der Waals surface area contributed by atoms with E-state index < -0.39 is 5.97 Å². The van der Waals surface area contributed by atoms with Crippen LogP contribution in [0.4, 0.5) is 0 Å². The number of hydrogen-bond donors (Lipinski definition) is 1. The van der Waals surface area contributed by atoms with E-state index in [1.54, 1.807) is 12.1 Å². The summed E-state index contributed by atoms with van der Waals surface area (Å²) in [6, 6.07) is 5.28. The van der Waals surface area contributed by atoms with Crippen molar-refractivity contribution in [3.63, 3.8) is 0 Å². The molecule has 0 radical (unpaired) electrons. The summed E-state index contributed by atoms with van der Waals surface area (Å²) >= 11 is 0. The molecule has 1 amide bonds. The van der Waals surface area contributed by atoms with E-state index in [4.69, 9.17) is 5.73 Å². The summed E-state index contributed by atoms with van der Waals surface area (Å²) in [4.78, 5) is 25.2. The molecule has 0 aliphatic heterocycles. The van der Waals surface area contributed by atoms with Crippen LogP contribution in [0.15, 0.2) is 18.2 Å². The van der Waals surface area contributed by atoms with Gasteiger partial charge in [-0.1, -0.05) is 17.9 Å². The van der Waals surface area contributed by atoms with Gasteiger partial charge in [0.1, 0.15) is 6.54 Å². The highest BCUT2D eigenvalue weighted by molar-refractivity contribution is 5.96. The Morgan fingerprint density at radius 2 is 2.10 bits per heavy atom. The number of esters is 1. The van der Waals surface area contributed by atoms with Crippen molar-refractivity contribution in [2.45, 2.75) is 13.8 Å². The zero-order chi connectivity index (χ0) is 15.8. The minimum atomic E-state index is -0.444. The molecule has 0 heterocycles. The molecule has 0 aromatic heterocycles. The van der Waals surface area contributed by atoms with Crippen LogP contribution in [0.5, 0.6) is 0 Å². The largest absolute Gasteiger partial charge is 0.468 e. The number of amides is 1. The van der Waals surface area contributed by atoms with Crippen molar-refractivity contribution < 1.29 is 14.3 Å². The van der Waals surface area contributed by atoms with E-state index in [1.165, 1.54) is 12.0 Å². The Morgan fingerprint density at radius 3 is 2.67 bits per heavy atom. The van der Waals surface area contributed by atoms with Gasteiger partial charge in [-0.15, -0.1) is 0 Å². The van der Waals surface area contributed by atoms with Crippen molar-refractivity contribution in [3.8, 4) is 11.8 Å². The highest BCUT2D eigenvalue weighted by Crippen LogP contribution is 2.12. The van der Waals surface area contributed by atoms with Crippen LogP contribution >= 0.6 is 0 Å². The maximum atomic E-state index is 12.4. The van der Waals surface area contributed by atoms with Gasteiger partial charge in [0.15, 0.2) is 0 Å². The lowest BCUT2D eigenvalue weighted by atomic mass is 10.0. The van der Waals surface area contributed by atoms with Crippen molar-refractivity contribution >= 4 is 11.9 Å². The van der Waals surface area contributed by atoms with E-state index in [2.05, 4.69) is 16.6 Å². The first-order chi connectivity index (χ1) is 10.0. The Labute approximate surface area is 125 Å². The molecule has 0 aliphatic rings. The number of rotatable bonds is 4. The number of carbonyl (C=O) groups is 2. The molecule has 0 aliphatic carbocycles. The SMILES string of the molecule is CCN(CC(=O)OC)C(=O)c1ccc(C)c(C#CCN)c1. The zero-order valence-corrected chi connectivity index (χ0v) is 12.6. The topological polar surface area (TPSA) is 72.6 Å². The lowest BCUT2D eigenvalue weighted by molar-refractivity contribution is -0.141. The Bertz CT molecular complexity index is 585. The van der Waals surface area contributed by atoms with Gasteiger partial charge < -0.3 is 15.4 Å². The maximum Gasteiger partial charge on any atom is 0.325 e. The van der Waals surface area contributed by atoms with Crippen LogP contribution in [0.2, 0.25) is 0 Å². The highest BCUT2D eigenvalue weighted by atomic mass is 16.5. The summed E-state index contributed by atoms with van der Waals surface area (Å²) in [5.41, 5.74) is 7.60. The first-order valence-electron chi connectivity index (χ1n) is 6.69. The zero-order valence-electron chi connectivity index (χ0n) is 12.6. The first kappa shape index (κ1) is 16.7. The van der Waals surface area contributed by atoms with E-state index in [1.807, 2.05) is 19.9 Å². The standard InChI is InChI=1S/C16H20N2O3/c1-4-18(11-15(19)21-3)16(20)14-8-7-12(2)13(10-14)6-5-9-17/h7-8,10H,4,9,11,17H2,1-3H3. The van der Waals surface area contributed by atoms with Gasteiger partial charge in [-0.2, -0.15) is 0 Å². The minimum absolute atomic E-state index is 0.0660. The molecule has 0 fully saturated rings. The normalized spacial score (nSPS) is 9.52. The molecule has 0 spiro atoms. The van der Waals surface area contributed by atoms with E-state index in [0.717, 1.165) is 11.1 Å². The van der Waals surface area contributed by atoms with Crippen molar-refractivity contribution in [2.24, 2.45) is 5.73 Å². The second-order valence-electron chi connectivity index (χ2n) is 4.43. The summed E-state index contributed by atoms with van der Waals surface area (Å²) in [5.74, 6) is 5.05. The van der Waals surface area contributed by atoms with Crippen LogP contribution in [0.25, 0.3) is 0 Å². The third kappa shape index (κ3) is 4.62. The molecule has 1 aromatic rings. The average molecular weight is 288 g/mol. The molecule has 21 heavy (non-hydrogen) atoms. The van der Waals surface area contributed by atoms with Crippen LogP contribution in [0.3, 0.4) is 0 Å². The molecule has 5 heteroatoms. The van der Waals surface area contributed by atoms with Gasteiger partial charge in [0.05, 0.1) is 13.7 Å². The van der Waals surface area contributed by atoms with Crippen molar-refractivity contribution in [3.05, 3.63) is 34.9 Å². The Kier molecular flexibility index (Phi) is 6.44. The Balaban J connectivity index is 3.03. The third-order valence-electron chi connectivity index (χ3n) is 3.03. The van der Waals surface area contributed by atoms with Gasteiger partial charge in [0.2, 0.25) is 0 Å². The molecule has 0 atom stereocenters. The van der Waals surface area contributed by atoms with Crippen molar-refractivity contribution in [2.75, 3.05) is 26.7 Å². The smallest absolute Gasteiger partial charge is 0.325 e. The molecule has 0 bridgehead atoms. The number of methoxy groups -OCH3 is 1. The number of aryl methyl sites for hydroxylation is 1. The molecule has 112 valence electrons. The summed E-state index contributed by atoms with van der Waals surface area (Å²) in [5, 5.41) is 0. The van der Waals surface area contributed by atoms with Gasteiger partial charge in [-0.25, -0.2) is 0 Å². The van der Waals surface area contributed by atoms with Crippen LogP contribution in [-0.2, 0) is 9.53 Å². The molecule has 2 N–H and O–H groups in total. The molecule has 0 saturated carbocycles. The second-order valence-corrected chi connectivity index (χ2v) is 4.43. The number of nitrogens with zero attached hydrogens (tertiary/aromatic N) is 1. The highest BCUT2D eigenvalue weighted by Gasteiger charge is 2.18. The summed E-state index contributed by atoms with van der Waals surface area (Å²) in [6.45, 7) is 4.35. The van der Waals surface area contributed by atoms with Crippen LogP contribution < -0.4 is 5.73 Å². The van der Waals surface area contributed by atoms with Crippen molar-refractivity contribution in [1.29, 1.82) is 0 Å². The van der Waals surface area contributed by atoms with Gasteiger partial charge >= 0.3 is 5.97 Å². The number of carbonyl (C=O) groups excluding carboxylic acids is 2. The number of nitrogens with two attached hydrogens (primary N) is 1. The monoisotopic (exact) mass is 288 g/mol. The van der Waals surface area contributed by atoms with Gasteiger partial charge in [-0.3, -0.25) is 9.59 Å². The van der Waals surface area contributed by atoms with E-state index >= 15 is 0 Å². The van der Waals surface area contributed by atoms with E-state index in [0.29, 0.717) is 12.1 Å². The van der Waals surface area contributed by atoms with Crippen molar-refractivity contribution in [1.82, 2.24) is 4.90 Å². The van der Waals surface area contributed by atoms with Crippen LogP contribution in [0, 0.1) is 18.8 Å². The second kappa shape index (κ2) is 8.08. The molecule has 0 saturated heterocycles. The molecular formula is C16H20N2O3. The molecule has 1 aromatic carbocycles. The average Bonchev–Trinajstić information content (AvgIpc) is 2.50. The number of ether oxygens (including phenoxy) is 1. The quantitative estimate of drug-likeness (QED) is 0.661. The molecular weight excluding hydrogens is 268 g/mol. The number of likely N-dealkylation sites (N-methyl/N-ethyl adjacent to an activating group) is 1. The fraction of sp³-hybridized carbons (Fsp3) is 0.375. The Morgan fingerprint density at radius 1 is 1.38 bits per heavy atom. The van der Waals surface area contributed by atoms with E-state index in [9.17, 15) is 9.59 Å². The predicted octanol–water partition coefficient (Wildman–Crippen LogP) is 0.940. The summed E-state index contributed by atoms with van der Waals surface area (Å²) in [7, 11) is 1.30. The lowest BCUT2D eigenvalue weighted by Gasteiger charge is -2.19. The number of hydrogen-bond acceptors (Lipinski definition) is 4.